The van der Waals surface area contributed by atoms with Gasteiger partial charge in [-0.25, -0.2) is 0 Å². The van der Waals surface area contributed by atoms with Gasteiger partial charge >= 0.3 is 0 Å². The summed E-state index contributed by atoms with van der Waals surface area (Å²) in [6.45, 7) is 5.17. The smallest absolute Gasteiger partial charge is 0.271 e. The zero-order chi connectivity index (χ0) is 21.8. The average molecular weight is 446 g/mol. The van der Waals surface area contributed by atoms with Gasteiger partial charge in [-0.05, 0) is 44.1 Å². The van der Waals surface area contributed by atoms with Crippen LogP contribution in [-0.2, 0) is 11.3 Å². The number of amides is 2. The number of hydrogen-bond acceptors (Lipinski definition) is 4. The van der Waals surface area contributed by atoms with Gasteiger partial charge in [-0.2, -0.15) is 11.8 Å². The number of rotatable bonds is 8. The molecule has 4 rings (SSSR count). The molecular formula is C24H35N3O3S. The van der Waals surface area contributed by atoms with E-state index in [9.17, 15) is 9.59 Å². The Balaban J connectivity index is 1.58. The number of carbonyl (C=O) groups excluding carboxylic acids is 2. The number of fused-ring (bicyclic) bond motifs is 3. The molecule has 0 aromatic carbocycles. The van der Waals surface area contributed by atoms with Gasteiger partial charge in [0.05, 0.1) is 18.3 Å². The third kappa shape index (κ3) is 4.52. The summed E-state index contributed by atoms with van der Waals surface area (Å²) in [4.78, 5) is 29.0. The van der Waals surface area contributed by atoms with Crippen molar-refractivity contribution in [1.29, 1.82) is 0 Å². The van der Waals surface area contributed by atoms with Crippen molar-refractivity contribution < 1.29 is 14.0 Å². The second-order valence-electron chi connectivity index (χ2n) is 9.14. The zero-order valence-electron chi connectivity index (χ0n) is 18.8. The fourth-order valence-corrected chi connectivity index (χ4v) is 5.78. The molecule has 31 heavy (non-hydrogen) atoms. The van der Waals surface area contributed by atoms with Crippen LogP contribution in [0.4, 0.5) is 0 Å². The number of furan rings is 1. The van der Waals surface area contributed by atoms with Crippen molar-refractivity contribution >= 4 is 34.7 Å². The molecule has 7 heteroatoms. The maximum Gasteiger partial charge on any atom is 0.271 e. The number of hydrogen-bond donors (Lipinski definition) is 1. The van der Waals surface area contributed by atoms with Crippen molar-refractivity contribution in [2.24, 2.45) is 0 Å². The van der Waals surface area contributed by atoms with E-state index in [1.54, 1.807) is 6.26 Å². The van der Waals surface area contributed by atoms with Gasteiger partial charge in [0.15, 0.2) is 5.58 Å². The number of carbonyl (C=O) groups is 2. The Morgan fingerprint density at radius 1 is 1.26 bits per heavy atom. The van der Waals surface area contributed by atoms with E-state index in [1.807, 2.05) is 40.3 Å². The van der Waals surface area contributed by atoms with Gasteiger partial charge in [-0.1, -0.05) is 32.6 Å². The quantitative estimate of drug-likeness (QED) is 0.467. The van der Waals surface area contributed by atoms with Gasteiger partial charge in [0.2, 0.25) is 5.91 Å². The van der Waals surface area contributed by atoms with Crippen LogP contribution < -0.4 is 5.32 Å². The lowest BCUT2D eigenvalue weighted by atomic mass is 9.93. The zero-order valence-corrected chi connectivity index (χ0v) is 19.6. The molecule has 2 amide bonds. The van der Waals surface area contributed by atoms with Crippen LogP contribution in [0.15, 0.2) is 22.8 Å². The predicted molar refractivity (Wildman–Crippen MR) is 126 cm³/mol. The SMILES string of the molecule is CCCSCCCN1C(=O)c2cc3occc3n2C[C@@]1(C)C(=O)NC1CCCCCC1. The first kappa shape index (κ1) is 22.3. The molecule has 0 spiro atoms. The van der Waals surface area contributed by atoms with Crippen LogP contribution in [0.3, 0.4) is 0 Å². The second-order valence-corrected chi connectivity index (χ2v) is 10.4. The predicted octanol–water partition coefficient (Wildman–Crippen LogP) is 4.82. The highest BCUT2D eigenvalue weighted by Crippen LogP contribution is 2.33. The lowest BCUT2D eigenvalue weighted by molar-refractivity contribution is -0.133. The van der Waals surface area contributed by atoms with Crippen molar-refractivity contribution in [2.75, 3.05) is 18.1 Å². The minimum absolute atomic E-state index is 0.0232. The van der Waals surface area contributed by atoms with E-state index >= 15 is 0 Å². The molecule has 3 heterocycles. The Morgan fingerprint density at radius 2 is 2.03 bits per heavy atom. The molecule has 0 saturated heterocycles. The first-order valence-electron chi connectivity index (χ1n) is 11.8. The molecule has 170 valence electrons. The molecule has 1 saturated carbocycles. The van der Waals surface area contributed by atoms with Crippen LogP contribution >= 0.6 is 11.8 Å². The van der Waals surface area contributed by atoms with Crippen molar-refractivity contribution in [1.82, 2.24) is 14.8 Å². The number of nitrogens with one attached hydrogen (secondary N) is 1. The largest absolute Gasteiger partial charge is 0.463 e. The highest BCUT2D eigenvalue weighted by Gasteiger charge is 2.48. The number of thioether (sulfide) groups is 1. The van der Waals surface area contributed by atoms with E-state index in [0.717, 1.165) is 55.5 Å². The lowest BCUT2D eigenvalue weighted by Gasteiger charge is -2.44. The minimum atomic E-state index is -0.908. The van der Waals surface area contributed by atoms with E-state index in [2.05, 4.69) is 12.2 Å². The highest BCUT2D eigenvalue weighted by molar-refractivity contribution is 7.99. The lowest BCUT2D eigenvalue weighted by Crippen LogP contribution is -2.65. The van der Waals surface area contributed by atoms with Crippen LogP contribution in [0.1, 0.15) is 75.7 Å². The number of aromatic nitrogens is 1. The summed E-state index contributed by atoms with van der Waals surface area (Å²) in [5.41, 5.74) is 1.30. The third-order valence-corrected chi connectivity index (χ3v) is 8.02. The van der Waals surface area contributed by atoms with Crippen LogP contribution in [0, 0.1) is 0 Å². The minimum Gasteiger partial charge on any atom is -0.463 e. The monoisotopic (exact) mass is 445 g/mol. The molecule has 0 unspecified atom stereocenters. The van der Waals surface area contributed by atoms with Gasteiger partial charge in [0, 0.05) is 24.7 Å². The van der Waals surface area contributed by atoms with Crippen molar-refractivity contribution in [3.05, 3.63) is 24.1 Å². The summed E-state index contributed by atoms with van der Waals surface area (Å²) in [7, 11) is 0. The standard InChI is InChI=1S/C24H35N3O3S/c1-3-14-31-15-8-12-27-22(28)20-16-21-19(11-13-30-21)26(20)17-24(27,2)23(29)25-18-9-6-4-5-7-10-18/h11,13,16,18H,3-10,12,14-15,17H2,1-2H3,(H,25,29)/t24-/m0/s1. The molecule has 0 radical (unpaired) electrons. The van der Waals surface area contributed by atoms with Crippen LogP contribution in [0.2, 0.25) is 0 Å². The van der Waals surface area contributed by atoms with E-state index < -0.39 is 5.54 Å². The summed E-state index contributed by atoms with van der Waals surface area (Å²) in [5, 5.41) is 3.32. The van der Waals surface area contributed by atoms with E-state index in [1.165, 1.54) is 12.8 Å². The molecule has 6 nitrogen and oxygen atoms in total. The van der Waals surface area contributed by atoms with Crippen molar-refractivity contribution in [2.45, 2.75) is 83.3 Å². The molecule has 1 aliphatic heterocycles. The Morgan fingerprint density at radius 3 is 2.77 bits per heavy atom. The van der Waals surface area contributed by atoms with Gasteiger partial charge in [-0.3, -0.25) is 9.59 Å². The Hall–Kier alpha value is -1.89. The molecule has 2 aliphatic rings. The summed E-state index contributed by atoms with van der Waals surface area (Å²) < 4.78 is 7.52. The topological polar surface area (TPSA) is 67.5 Å². The van der Waals surface area contributed by atoms with Gasteiger partial charge in [0.1, 0.15) is 11.2 Å². The molecule has 0 bridgehead atoms. The molecule has 2 aromatic heterocycles. The first-order valence-corrected chi connectivity index (χ1v) is 13.0. The second kappa shape index (κ2) is 9.72. The molecule has 1 fully saturated rings. The first-order chi connectivity index (χ1) is 15.0. The van der Waals surface area contributed by atoms with Gasteiger partial charge < -0.3 is 19.2 Å². The summed E-state index contributed by atoms with van der Waals surface area (Å²) >= 11 is 1.91. The van der Waals surface area contributed by atoms with E-state index in [0.29, 0.717) is 24.4 Å². The normalized spacial score (nSPS) is 22.5. The molecule has 2 aromatic rings. The van der Waals surface area contributed by atoms with Crippen LogP contribution in [0.25, 0.3) is 11.1 Å². The van der Waals surface area contributed by atoms with Crippen molar-refractivity contribution in [3.8, 4) is 0 Å². The average Bonchev–Trinajstić information content (AvgIpc) is 3.24. The van der Waals surface area contributed by atoms with Crippen LogP contribution in [0.5, 0.6) is 0 Å². The fraction of sp³-hybridized carbons (Fsp3) is 0.667. The third-order valence-electron chi connectivity index (χ3n) is 6.75. The summed E-state index contributed by atoms with van der Waals surface area (Å²) in [5.74, 6) is 2.04. The van der Waals surface area contributed by atoms with E-state index in [-0.39, 0.29) is 17.9 Å². The van der Waals surface area contributed by atoms with Crippen LogP contribution in [-0.4, -0.2) is 50.9 Å². The maximum absolute atomic E-state index is 13.7. The van der Waals surface area contributed by atoms with E-state index in [4.69, 9.17) is 4.42 Å². The summed E-state index contributed by atoms with van der Waals surface area (Å²) in [6, 6.07) is 3.91. The Bertz CT molecular complexity index is 912. The van der Waals surface area contributed by atoms with Gasteiger partial charge in [-0.15, -0.1) is 0 Å². The van der Waals surface area contributed by atoms with Crippen molar-refractivity contribution in [3.63, 3.8) is 0 Å². The maximum atomic E-state index is 13.7. The molecule has 1 N–H and O–H groups in total. The Labute approximate surface area is 189 Å². The Kier molecular flexibility index (Phi) is 6.99. The molecule has 1 aliphatic carbocycles. The highest BCUT2D eigenvalue weighted by atomic mass is 32.2. The summed E-state index contributed by atoms with van der Waals surface area (Å²) in [6.07, 6.45) is 10.6. The fourth-order valence-electron chi connectivity index (χ4n) is 4.96. The number of nitrogens with zero attached hydrogens (tertiary/aromatic N) is 2. The molecular weight excluding hydrogens is 410 g/mol. The molecule has 1 atom stereocenters. The van der Waals surface area contributed by atoms with Gasteiger partial charge in [0.25, 0.3) is 5.91 Å².